The molecule has 18 nitrogen and oxygen atoms in total. The number of hydrogen-bond donors (Lipinski definition) is 6. The molecule has 0 aliphatic rings. The average molecular weight is 1990 g/mol. The third kappa shape index (κ3) is 52.5. The Labute approximate surface area is 867 Å². The van der Waals surface area contributed by atoms with Gasteiger partial charge in [-0.25, -0.2) is 0 Å². The molecule has 0 spiro atoms. The van der Waals surface area contributed by atoms with E-state index in [0.717, 1.165) is 116 Å². The van der Waals surface area contributed by atoms with E-state index in [2.05, 4.69) is 71.4 Å². The summed E-state index contributed by atoms with van der Waals surface area (Å²) in [5.74, 6) is 2.97. The van der Waals surface area contributed by atoms with Crippen molar-refractivity contribution in [1.82, 2.24) is 29.9 Å². The van der Waals surface area contributed by atoms with Crippen LogP contribution in [0.1, 0.15) is 504 Å². The highest BCUT2D eigenvalue weighted by molar-refractivity contribution is 5.81. The van der Waals surface area contributed by atoms with Crippen molar-refractivity contribution in [3.05, 3.63) is 171 Å². The number of fused-ring (bicyclic) bond motifs is 3. The molecule has 0 saturated carbocycles. The number of rotatable bonds is 84. The predicted molar refractivity (Wildman–Crippen MR) is 614 cm³/mol. The fraction of sp³-hybridized carbons (Fsp3) is 0.667. The number of benzene rings is 6. The molecule has 0 fully saturated rings. The molecular weight excluding hydrogens is 1790 g/mol. The first-order valence-corrected chi connectivity index (χ1v) is 59.3. The first-order chi connectivity index (χ1) is 70.9. The number of aromatic nitrogens is 6. The van der Waals surface area contributed by atoms with Crippen molar-refractivity contribution in [3.63, 3.8) is 0 Å². The molecule has 0 saturated heterocycles. The van der Waals surface area contributed by atoms with Crippen LogP contribution in [0.15, 0.2) is 139 Å². The molecule has 0 radical (unpaired) electrons. The van der Waals surface area contributed by atoms with Crippen molar-refractivity contribution >= 4 is 65.4 Å². The molecule has 4 aromatic heterocycles. The summed E-state index contributed by atoms with van der Waals surface area (Å²) in [6.07, 6.45) is 95.9. The molecule has 0 atom stereocenters. The lowest BCUT2D eigenvalue weighted by Gasteiger charge is -2.14. The van der Waals surface area contributed by atoms with Gasteiger partial charge in [0.2, 0.25) is 32.6 Å². The molecule has 6 bridgehead atoms. The van der Waals surface area contributed by atoms with Gasteiger partial charge >= 0.3 is 0 Å². The second kappa shape index (κ2) is 81.0. The van der Waals surface area contributed by atoms with Crippen LogP contribution in [-0.2, 0) is 0 Å². The zero-order chi connectivity index (χ0) is 102. The van der Waals surface area contributed by atoms with Gasteiger partial charge in [-0.1, -0.05) is 465 Å². The normalized spacial score (nSPS) is 11.4. The fourth-order valence-corrected chi connectivity index (χ4v) is 19.2. The van der Waals surface area contributed by atoms with Gasteiger partial charge in [0.25, 0.3) is 0 Å². The Hall–Kier alpha value is -9.06. The largest absolute Gasteiger partial charge is 0.490 e. The summed E-state index contributed by atoms with van der Waals surface area (Å²) in [6, 6.07) is 20.6. The maximum absolute atomic E-state index is 14.7. The predicted octanol–water partition coefficient (Wildman–Crippen LogP) is 36.3. The van der Waals surface area contributed by atoms with Gasteiger partial charge in [0.05, 0.1) is 72.7 Å². The number of nitrogens with one attached hydrogen (secondary N) is 6. The van der Waals surface area contributed by atoms with Gasteiger partial charge < -0.3 is 58.3 Å². The maximum Gasteiger partial charge on any atom is 0.235 e. The molecule has 0 unspecified atom stereocenters. The number of ether oxygens (including phenoxy) is 6. The van der Waals surface area contributed by atoms with Crippen LogP contribution in [0.25, 0.3) is 65.4 Å². The zero-order valence-corrected chi connectivity index (χ0v) is 91.4. The van der Waals surface area contributed by atoms with E-state index in [4.69, 9.17) is 28.4 Å². The summed E-state index contributed by atoms with van der Waals surface area (Å²) in [6.45, 7) is 16.2. The van der Waals surface area contributed by atoms with E-state index in [1.807, 2.05) is 36.4 Å². The van der Waals surface area contributed by atoms with Gasteiger partial charge in [-0.15, -0.1) is 0 Å². The Kier molecular flexibility index (Phi) is 68.6. The van der Waals surface area contributed by atoms with Crippen molar-refractivity contribution in [3.8, 4) is 34.5 Å². The summed E-state index contributed by atoms with van der Waals surface area (Å²) in [4.78, 5) is 108. The Balaban J connectivity index is 1.40. The van der Waals surface area contributed by atoms with Crippen LogP contribution in [0.3, 0.4) is 0 Å². The van der Waals surface area contributed by atoms with Gasteiger partial charge in [0, 0.05) is 106 Å². The van der Waals surface area contributed by atoms with Crippen LogP contribution in [0.5, 0.6) is 34.5 Å². The van der Waals surface area contributed by atoms with Gasteiger partial charge in [0.1, 0.15) is 0 Å². The average Bonchev–Trinajstić information content (AvgIpc) is 0.807. The second-order valence-electron chi connectivity index (χ2n) is 41.4. The minimum atomic E-state index is -0.761. The number of hydrogen-bond acceptors (Lipinski definition) is 12. The molecule has 0 aliphatic carbocycles. The fourth-order valence-electron chi connectivity index (χ4n) is 19.2. The molecule has 10 aromatic rings. The highest BCUT2D eigenvalue weighted by atomic mass is 16.5. The molecule has 6 N–H and O–H groups in total. The van der Waals surface area contributed by atoms with Crippen LogP contribution >= 0.6 is 0 Å². The molecule has 4 heterocycles. The van der Waals surface area contributed by atoms with E-state index in [9.17, 15) is 28.8 Å². The Morgan fingerprint density at radius 3 is 0.347 bits per heavy atom. The Morgan fingerprint density at radius 1 is 0.146 bits per heavy atom. The second-order valence-corrected chi connectivity index (χ2v) is 41.4. The van der Waals surface area contributed by atoms with Crippen LogP contribution in [0.4, 0.5) is 0 Å². The quantitative estimate of drug-likeness (QED) is 0.0154. The van der Waals surface area contributed by atoms with Gasteiger partial charge in [-0.3, -0.25) is 28.8 Å². The van der Waals surface area contributed by atoms with Crippen LogP contribution in [0, 0.1) is 0 Å². The lowest BCUT2D eigenvalue weighted by atomic mass is 10.1. The molecular formula is C126H198N6O12. The smallest absolute Gasteiger partial charge is 0.235 e. The van der Waals surface area contributed by atoms with E-state index in [0.29, 0.717) is 107 Å². The molecule has 0 aliphatic heterocycles. The van der Waals surface area contributed by atoms with Crippen LogP contribution < -0.4 is 61.0 Å². The summed E-state index contributed by atoms with van der Waals surface area (Å²) in [5.41, 5.74) is -1.88. The highest BCUT2D eigenvalue weighted by Crippen LogP contribution is 2.36. The van der Waals surface area contributed by atoms with Gasteiger partial charge in [0.15, 0.2) is 34.5 Å². The van der Waals surface area contributed by atoms with Gasteiger partial charge in [-0.05, 0) is 74.9 Å². The third-order valence-electron chi connectivity index (χ3n) is 28.6. The van der Waals surface area contributed by atoms with Crippen LogP contribution in [-0.4, -0.2) is 69.5 Å². The highest BCUT2D eigenvalue weighted by Gasteiger charge is 2.16. The van der Waals surface area contributed by atoms with E-state index >= 15 is 0 Å². The third-order valence-corrected chi connectivity index (χ3v) is 28.6. The first kappa shape index (κ1) is 122. The zero-order valence-electron chi connectivity index (χ0n) is 91.4. The van der Waals surface area contributed by atoms with Crippen molar-refractivity contribution in [1.29, 1.82) is 0 Å². The van der Waals surface area contributed by atoms with Crippen molar-refractivity contribution in [2.45, 2.75) is 504 Å². The number of H-pyrrole nitrogens is 6. The van der Waals surface area contributed by atoms with E-state index in [1.54, 1.807) is 36.4 Å². The Morgan fingerprint density at radius 2 is 0.243 bits per heavy atom. The van der Waals surface area contributed by atoms with Crippen molar-refractivity contribution in [2.24, 2.45) is 0 Å². The molecule has 6 aromatic carbocycles. The summed E-state index contributed by atoms with van der Waals surface area (Å²) in [7, 11) is 0. The number of aromatic amines is 6. The van der Waals surface area contributed by atoms with Crippen molar-refractivity contribution in [2.75, 3.05) is 39.6 Å². The minimum Gasteiger partial charge on any atom is -0.490 e. The number of unbranched alkanes of at least 4 members (excludes halogenated alkanes) is 66. The maximum atomic E-state index is 14.7. The topological polar surface area (TPSA) is 253 Å². The van der Waals surface area contributed by atoms with Crippen molar-refractivity contribution < 1.29 is 28.4 Å². The molecule has 804 valence electrons. The van der Waals surface area contributed by atoms with E-state index in [-0.39, 0.29) is 32.3 Å². The Bertz CT molecular complexity index is 4480. The monoisotopic (exact) mass is 1990 g/mol. The molecule has 144 heavy (non-hydrogen) atoms. The summed E-state index contributed by atoms with van der Waals surface area (Å²) in [5, 5.41) is 0.511. The summed E-state index contributed by atoms with van der Waals surface area (Å²) < 4.78 is 40.4. The molecule has 18 heteroatoms. The minimum absolute atomic E-state index is 0.0851. The first-order valence-electron chi connectivity index (χ1n) is 59.3. The van der Waals surface area contributed by atoms with Crippen LogP contribution in [0.2, 0.25) is 0 Å². The van der Waals surface area contributed by atoms with E-state index < -0.39 is 32.6 Å². The lowest BCUT2D eigenvalue weighted by Crippen LogP contribution is -2.22. The molecule has 0 amide bonds. The lowest BCUT2D eigenvalue weighted by molar-refractivity contribution is 0.259. The molecule has 10 rings (SSSR count). The summed E-state index contributed by atoms with van der Waals surface area (Å²) >= 11 is 0. The van der Waals surface area contributed by atoms with E-state index in [1.165, 1.54) is 384 Å². The standard InChI is InChI=1S/C126H198N6O12/c1-7-13-19-25-31-37-43-49-55-61-67-73-85-139-115-91-109-110(92-116(115)140-86-74-68-62-56-50-44-38-32-26-20-14-8-2)128-98-104-81-82-106(124(136)122(104)134)100-130-113-95-119(143-89-77-71-65-59-53-47-41-35-29-23-17-11-5)120(144-90-78-72-66-60-54-48-42-36-30-24-18-12-6)96-114(113)132-102-108-84-83-107(125(137)126(108)138)101-131-112-94-118(142-88-76-70-64-58-52-46-40-34-28-22-16-10-4)117(141-87-75-69-63-57-51-45-39-33-27-21-15-9-3)93-111(112)129-99-105-80-79-103(97-127-109)121(133)123(105)135/h79-84,91-102,127-132H,7-78,85-90H2,1-6H3. The SMILES string of the molecule is CCCCCCCCCCCCCCOc1cc2[nH]cc3ccc(c[nH]c4cc(OCCCCCCCCCCCCCC)c(OCCCCCCCCCCCCCC)cc4[nH]cc4ccc(c[nH]c5cc(OCCCCCCCCCCCCCC)c(OCCCCCCCCCCCCCC)cc5[nH]cc5ccc(c[nH]c2cc1OCCCCCCCCCCCCCC)c(=O)c5=O)c(=O)c4=O)c(=O)c3=O. The van der Waals surface area contributed by atoms with Gasteiger partial charge in [-0.2, -0.15) is 0 Å².